The van der Waals surface area contributed by atoms with Crippen molar-refractivity contribution in [1.82, 2.24) is 4.31 Å². The van der Waals surface area contributed by atoms with Crippen LogP contribution in [0.25, 0.3) is 0 Å². The SMILES string of the molecule is COc1ccc(N[C@H](C)C(=O)Nc2ccc3c(c2)OCO3)cc1S(=O)(=O)N(C)C. The highest BCUT2D eigenvalue weighted by Gasteiger charge is 2.23. The Hall–Kier alpha value is -2.98. The van der Waals surface area contributed by atoms with Gasteiger partial charge in [-0.05, 0) is 37.3 Å². The van der Waals surface area contributed by atoms with Crippen LogP contribution >= 0.6 is 0 Å². The van der Waals surface area contributed by atoms with Crippen molar-refractivity contribution in [2.24, 2.45) is 0 Å². The van der Waals surface area contributed by atoms with E-state index in [0.29, 0.717) is 22.9 Å². The first-order chi connectivity index (χ1) is 13.7. The Labute approximate surface area is 169 Å². The summed E-state index contributed by atoms with van der Waals surface area (Å²) < 4.78 is 41.9. The maximum atomic E-state index is 12.5. The molecular formula is C19H23N3O6S. The maximum Gasteiger partial charge on any atom is 0.246 e. The van der Waals surface area contributed by atoms with E-state index >= 15 is 0 Å². The summed E-state index contributed by atoms with van der Waals surface area (Å²) in [5.74, 6) is 1.12. The number of amides is 1. The Balaban J connectivity index is 1.74. The Kier molecular flexibility index (Phi) is 5.85. The summed E-state index contributed by atoms with van der Waals surface area (Å²) in [6.45, 7) is 1.83. The third-order valence-corrected chi connectivity index (χ3v) is 6.18. The Morgan fingerprint density at radius 1 is 1.10 bits per heavy atom. The fourth-order valence-electron chi connectivity index (χ4n) is 2.71. The first-order valence-corrected chi connectivity index (χ1v) is 10.2. The number of hydrogen-bond donors (Lipinski definition) is 2. The molecule has 1 heterocycles. The van der Waals surface area contributed by atoms with E-state index in [1.165, 1.54) is 27.3 Å². The Bertz CT molecular complexity index is 1020. The van der Waals surface area contributed by atoms with Crippen LogP contribution in [-0.2, 0) is 14.8 Å². The summed E-state index contributed by atoms with van der Waals surface area (Å²) in [6.07, 6.45) is 0. The second kappa shape index (κ2) is 8.18. The Morgan fingerprint density at radius 3 is 2.48 bits per heavy atom. The van der Waals surface area contributed by atoms with Crippen LogP contribution in [0, 0.1) is 0 Å². The number of hydrogen-bond acceptors (Lipinski definition) is 7. The van der Waals surface area contributed by atoms with Gasteiger partial charge in [-0.25, -0.2) is 12.7 Å². The van der Waals surface area contributed by atoms with Crippen molar-refractivity contribution in [3.8, 4) is 17.2 Å². The zero-order valence-corrected chi connectivity index (χ0v) is 17.4. The van der Waals surface area contributed by atoms with Crippen molar-refractivity contribution in [1.29, 1.82) is 0 Å². The van der Waals surface area contributed by atoms with Gasteiger partial charge in [0, 0.05) is 31.5 Å². The molecule has 0 saturated heterocycles. The monoisotopic (exact) mass is 421 g/mol. The predicted molar refractivity (Wildman–Crippen MR) is 108 cm³/mol. The van der Waals surface area contributed by atoms with Crippen LogP contribution in [0.5, 0.6) is 17.2 Å². The highest BCUT2D eigenvalue weighted by atomic mass is 32.2. The normalized spacial score (nSPS) is 13.8. The number of ether oxygens (including phenoxy) is 3. The minimum atomic E-state index is -3.71. The second-order valence-corrected chi connectivity index (χ2v) is 8.70. The molecule has 0 fully saturated rings. The zero-order valence-electron chi connectivity index (χ0n) is 16.6. The van der Waals surface area contributed by atoms with Crippen LogP contribution in [0.4, 0.5) is 11.4 Å². The van der Waals surface area contributed by atoms with Crippen LogP contribution in [0.2, 0.25) is 0 Å². The number of rotatable bonds is 7. The number of carbonyl (C=O) groups is 1. The topological polar surface area (TPSA) is 106 Å². The van der Waals surface area contributed by atoms with E-state index in [4.69, 9.17) is 14.2 Å². The summed E-state index contributed by atoms with van der Waals surface area (Å²) in [4.78, 5) is 12.5. The summed E-state index contributed by atoms with van der Waals surface area (Å²) in [6, 6.07) is 9.12. The average molecular weight is 421 g/mol. The van der Waals surface area contributed by atoms with Gasteiger partial charge in [0.2, 0.25) is 22.7 Å². The van der Waals surface area contributed by atoms with Crippen molar-refractivity contribution in [2.45, 2.75) is 17.9 Å². The largest absolute Gasteiger partial charge is 0.495 e. The van der Waals surface area contributed by atoms with Crippen molar-refractivity contribution in [2.75, 3.05) is 38.6 Å². The molecule has 0 spiro atoms. The minimum absolute atomic E-state index is 0.0124. The fraction of sp³-hybridized carbons (Fsp3) is 0.316. The summed E-state index contributed by atoms with van der Waals surface area (Å²) in [5, 5.41) is 5.80. The van der Waals surface area contributed by atoms with Crippen LogP contribution in [0.15, 0.2) is 41.3 Å². The second-order valence-electron chi connectivity index (χ2n) is 6.58. The van der Waals surface area contributed by atoms with E-state index in [9.17, 15) is 13.2 Å². The van der Waals surface area contributed by atoms with Crippen LogP contribution in [0.1, 0.15) is 6.92 Å². The number of sulfonamides is 1. The van der Waals surface area contributed by atoms with Crippen LogP contribution < -0.4 is 24.8 Å². The molecule has 156 valence electrons. The highest BCUT2D eigenvalue weighted by molar-refractivity contribution is 7.89. The molecular weight excluding hydrogens is 398 g/mol. The van der Waals surface area contributed by atoms with E-state index in [-0.39, 0.29) is 23.3 Å². The number of anilines is 2. The molecule has 1 amide bonds. The van der Waals surface area contributed by atoms with Crippen molar-refractivity contribution in [3.05, 3.63) is 36.4 Å². The van der Waals surface area contributed by atoms with E-state index in [2.05, 4.69) is 10.6 Å². The van der Waals surface area contributed by atoms with Gasteiger partial charge in [0.1, 0.15) is 16.7 Å². The van der Waals surface area contributed by atoms with Gasteiger partial charge in [-0.15, -0.1) is 0 Å². The quantitative estimate of drug-likeness (QED) is 0.705. The molecule has 10 heteroatoms. The van der Waals surface area contributed by atoms with E-state index < -0.39 is 16.1 Å². The van der Waals surface area contributed by atoms with Gasteiger partial charge in [-0.3, -0.25) is 4.79 Å². The lowest BCUT2D eigenvalue weighted by atomic mass is 10.2. The predicted octanol–water partition coefficient (Wildman–Crippen LogP) is 2.11. The van der Waals surface area contributed by atoms with Crippen molar-refractivity contribution in [3.63, 3.8) is 0 Å². The number of nitrogens with zero attached hydrogens (tertiary/aromatic N) is 1. The van der Waals surface area contributed by atoms with Gasteiger partial charge in [0.15, 0.2) is 11.5 Å². The standard InChI is InChI=1S/C19H23N3O6S/c1-12(19(23)21-13-5-7-15-17(9-13)28-11-27-15)20-14-6-8-16(26-4)18(10-14)29(24,25)22(2)3/h5-10,12,20H,11H2,1-4H3,(H,21,23)/t12-/m1/s1. The fourth-order valence-corrected chi connectivity index (χ4v) is 3.78. The molecule has 2 aromatic rings. The first-order valence-electron chi connectivity index (χ1n) is 8.80. The molecule has 29 heavy (non-hydrogen) atoms. The van der Waals surface area contributed by atoms with E-state index in [1.807, 2.05) is 0 Å². The Morgan fingerprint density at radius 2 is 1.79 bits per heavy atom. The lowest BCUT2D eigenvalue weighted by Crippen LogP contribution is -2.32. The minimum Gasteiger partial charge on any atom is -0.495 e. The van der Waals surface area contributed by atoms with Gasteiger partial charge in [-0.2, -0.15) is 0 Å². The highest BCUT2D eigenvalue weighted by Crippen LogP contribution is 2.34. The van der Waals surface area contributed by atoms with Crippen LogP contribution in [-0.4, -0.2) is 52.7 Å². The molecule has 0 unspecified atom stereocenters. The molecule has 0 saturated carbocycles. The van der Waals surface area contributed by atoms with Crippen molar-refractivity contribution < 1.29 is 27.4 Å². The molecule has 1 aliphatic heterocycles. The molecule has 1 atom stereocenters. The number of benzene rings is 2. The molecule has 0 bridgehead atoms. The lowest BCUT2D eigenvalue weighted by Gasteiger charge is -2.18. The molecule has 2 aromatic carbocycles. The molecule has 2 N–H and O–H groups in total. The zero-order chi connectivity index (χ0) is 21.2. The van der Waals surface area contributed by atoms with Gasteiger partial charge in [-0.1, -0.05) is 0 Å². The third kappa shape index (κ3) is 4.38. The van der Waals surface area contributed by atoms with Gasteiger partial charge in [0.25, 0.3) is 0 Å². The molecule has 0 aromatic heterocycles. The number of fused-ring (bicyclic) bond motifs is 1. The summed E-state index contributed by atoms with van der Waals surface area (Å²) in [5.41, 5.74) is 1.04. The van der Waals surface area contributed by atoms with Gasteiger partial charge < -0.3 is 24.8 Å². The first kappa shape index (κ1) is 20.7. The van der Waals surface area contributed by atoms with Crippen LogP contribution in [0.3, 0.4) is 0 Å². The molecule has 9 nitrogen and oxygen atoms in total. The lowest BCUT2D eigenvalue weighted by molar-refractivity contribution is -0.116. The van der Waals surface area contributed by atoms with E-state index in [1.54, 1.807) is 37.3 Å². The third-order valence-electron chi connectivity index (χ3n) is 4.34. The number of nitrogens with one attached hydrogen (secondary N) is 2. The smallest absolute Gasteiger partial charge is 0.246 e. The summed E-state index contributed by atoms with van der Waals surface area (Å²) in [7, 11) is 0.572. The number of carbonyl (C=O) groups excluding carboxylic acids is 1. The summed E-state index contributed by atoms with van der Waals surface area (Å²) >= 11 is 0. The molecule has 0 aliphatic carbocycles. The molecule has 0 radical (unpaired) electrons. The number of methoxy groups -OCH3 is 1. The molecule has 1 aliphatic rings. The van der Waals surface area contributed by atoms with Crippen molar-refractivity contribution >= 4 is 27.3 Å². The maximum absolute atomic E-state index is 12.5. The molecule has 3 rings (SSSR count). The van der Waals surface area contributed by atoms with Gasteiger partial charge in [0.05, 0.1) is 7.11 Å². The van der Waals surface area contributed by atoms with Gasteiger partial charge >= 0.3 is 0 Å². The van der Waals surface area contributed by atoms with E-state index in [0.717, 1.165) is 4.31 Å². The average Bonchev–Trinajstić information content (AvgIpc) is 3.15.